The average molecular weight is 953 g/mol. The van der Waals surface area contributed by atoms with Gasteiger partial charge in [-0.05, 0) is 102 Å². The number of aromatic nitrogens is 4. The number of nitrogens with one attached hydrogen (secondary N) is 4. The number of rotatable bonds is 11. The van der Waals surface area contributed by atoms with E-state index >= 15 is 8.78 Å². The second kappa shape index (κ2) is 16.7. The van der Waals surface area contributed by atoms with Crippen molar-refractivity contribution in [2.45, 2.75) is 94.9 Å². The molecule has 3 aliphatic carbocycles. The predicted molar refractivity (Wildman–Crippen MR) is 247 cm³/mol. The lowest BCUT2D eigenvalue weighted by molar-refractivity contribution is -0.136. The Bertz CT molecular complexity index is 2990. The third-order valence-corrected chi connectivity index (χ3v) is 15.7. The van der Waals surface area contributed by atoms with Crippen molar-refractivity contribution in [1.29, 1.82) is 0 Å². The van der Waals surface area contributed by atoms with Crippen molar-refractivity contribution in [2.75, 3.05) is 32.8 Å². The predicted octanol–water partition coefficient (Wildman–Crippen LogP) is 7.39. The molecule has 10 rings (SSSR count). The maximum atomic E-state index is 16.7. The molecule has 4 N–H and O–H groups in total. The van der Waals surface area contributed by atoms with Crippen molar-refractivity contribution in [2.24, 2.45) is 17.3 Å². The maximum absolute atomic E-state index is 16.7. The average Bonchev–Trinajstić information content (AvgIpc) is 3.72. The SMILES string of the molecule is COC(=O)N[C@@H](CS(C)(=O)=O)C(=O)N1[C@@H]2CCC[C@@H](C2)[C@H]1c1nc2ccc(-c3ccc4c(c3)C(F)(F)c3cc(-c5cnc([C@@H]6CC7(CC7)CN6C(=O)[C@@H](NC(=O)OC)C(C)C)[nH]5)ccc3-4)cc2[nH]1. The first-order valence-corrected chi connectivity index (χ1v) is 25.1. The molecule has 3 aromatic carbocycles. The highest BCUT2D eigenvalue weighted by atomic mass is 32.2. The highest BCUT2D eigenvalue weighted by Gasteiger charge is 2.55. The first-order valence-electron chi connectivity index (χ1n) is 23.1. The largest absolute Gasteiger partial charge is 0.453 e. The van der Waals surface area contributed by atoms with Gasteiger partial charge in [0, 0.05) is 35.5 Å². The monoisotopic (exact) mass is 952 g/mol. The van der Waals surface area contributed by atoms with Crippen LogP contribution in [0.2, 0.25) is 0 Å². The first kappa shape index (κ1) is 45.4. The molecular weight excluding hydrogens is 899 g/mol. The molecule has 5 aliphatic rings. The first-order chi connectivity index (χ1) is 32.4. The summed E-state index contributed by atoms with van der Waals surface area (Å²) in [6, 6.07) is 12.4. The molecule has 4 heterocycles. The number of alkyl halides is 2. The Morgan fingerprint density at radius 1 is 0.868 bits per heavy atom. The highest BCUT2D eigenvalue weighted by molar-refractivity contribution is 7.90. The van der Waals surface area contributed by atoms with Crippen LogP contribution in [0.5, 0.6) is 0 Å². The van der Waals surface area contributed by atoms with Crippen LogP contribution in [0.3, 0.4) is 0 Å². The molecular formula is C49H54F2N8O8S. The molecule has 2 aromatic heterocycles. The minimum absolute atomic E-state index is 0.00708. The molecule has 2 saturated carbocycles. The Balaban J connectivity index is 0.902. The fraction of sp³-hybridized carbons (Fsp3) is 0.469. The summed E-state index contributed by atoms with van der Waals surface area (Å²) in [5.74, 6) is -3.72. The summed E-state index contributed by atoms with van der Waals surface area (Å²) in [4.78, 5) is 72.4. The zero-order chi connectivity index (χ0) is 48.0. The molecule has 0 radical (unpaired) electrons. The van der Waals surface area contributed by atoms with Gasteiger partial charge in [-0.3, -0.25) is 9.59 Å². The number of carbonyl (C=O) groups excluding carboxylic acids is 4. The number of benzene rings is 3. The van der Waals surface area contributed by atoms with E-state index in [1.54, 1.807) is 40.3 Å². The van der Waals surface area contributed by atoms with E-state index in [-0.39, 0.29) is 46.4 Å². The van der Waals surface area contributed by atoms with Gasteiger partial charge in [0.2, 0.25) is 11.8 Å². The summed E-state index contributed by atoms with van der Waals surface area (Å²) >= 11 is 0. The van der Waals surface area contributed by atoms with Crippen LogP contribution in [0.25, 0.3) is 44.5 Å². The number of likely N-dealkylation sites (tertiary alicyclic amines) is 2. The van der Waals surface area contributed by atoms with Gasteiger partial charge in [-0.2, -0.15) is 8.78 Å². The summed E-state index contributed by atoms with van der Waals surface area (Å²) in [7, 11) is -1.28. The number of hydrogen-bond acceptors (Lipinski definition) is 10. The Morgan fingerprint density at radius 3 is 2.21 bits per heavy atom. The van der Waals surface area contributed by atoms with Crippen LogP contribution in [-0.2, 0) is 34.8 Å². The van der Waals surface area contributed by atoms with Crippen molar-refractivity contribution >= 4 is 44.9 Å². The van der Waals surface area contributed by atoms with Gasteiger partial charge >= 0.3 is 12.2 Å². The van der Waals surface area contributed by atoms with Gasteiger partial charge in [-0.25, -0.2) is 28.0 Å². The molecule has 0 unspecified atom stereocenters. The molecule has 19 heteroatoms. The number of halogens is 2. The molecule has 358 valence electrons. The normalized spacial score (nSPS) is 22.8. The van der Waals surface area contributed by atoms with E-state index in [1.165, 1.54) is 19.2 Å². The molecule has 16 nitrogen and oxygen atoms in total. The van der Waals surface area contributed by atoms with Gasteiger partial charge in [0.05, 0.1) is 55.0 Å². The van der Waals surface area contributed by atoms with Crippen LogP contribution in [0, 0.1) is 17.3 Å². The van der Waals surface area contributed by atoms with Crippen LogP contribution >= 0.6 is 0 Å². The van der Waals surface area contributed by atoms with E-state index in [9.17, 15) is 27.6 Å². The van der Waals surface area contributed by atoms with Crippen molar-refractivity contribution in [1.82, 2.24) is 40.4 Å². The fourth-order valence-corrected chi connectivity index (χ4v) is 12.1. The van der Waals surface area contributed by atoms with Gasteiger partial charge in [-0.15, -0.1) is 0 Å². The second-order valence-corrected chi connectivity index (χ2v) is 21.9. The number of sulfone groups is 1. The van der Waals surface area contributed by atoms with E-state index in [0.29, 0.717) is 75.6 Å². The molecule has 2 bridgehead atoms. The topological polar surface area (TPSA) is 209 Å². The van der Waals surface area contributed by atoms with Crippen molar-refractivity contribution < 1.29 is 45.9 Å². The van der Waals surface area contributed by atoms with Gasteiger partial charge in [0.25, 0.3) is 5.92 Å². The van der Waals surface area contributed by atoms with E-state index in [2.05, 4.69) is 25.6 Å². The van der Waals surface area contributed by atoms with Crippen molar-refractivity contribution in [3.63, 3.8) is 0 Å². The van der Waals surface area contributed by atoms with Crippen molar-refractivity contribution in [3.05, 3.63) is 83.6 Å². The maximum Gasteiger partial charge on any atom is 0.407 e. The number of nitrogens with zero attached hydrogens (tertiary/aromatic N) is 4. The van der Waals surface area contributed by atoms with Gasteiger partial charge in [0.15, 0.2) is 0 Å². The third kappa shape index (κ3) is 8.04. The molecule has 2 saturated heterocycles. The minimum atomic E-state index is -3.68. The number of imidazole rings is 2. The minimum Gasteiger partial charge on any atom is -0.453 e. The number of alkyl carbamates (subject to hydrolysis) is 2. The summed E-state index contributed by atoms with van der Waals surface area (Å²) in [5, 5.41) is 5.12. The Morgan fingerprint density at radius 2 is 1.53 bits per heavy atom. The lowest BCUT2D eigenvalue weighted by Crippen LogP contribution is -2.53. The summed E-state index contributed by atoms with van der Waals surface area (Å²) in [5.41, 5.74) is 4.17. The van der Waals surface area contributed by atoms with Crippen molar-refractivity contribution in [3.8, 4) is 33.5 Å². The molecule has 1 spiro atoms. The Hall–Kier alpha value is -6.37. The summed E-state index contributed by atoms with van der Waals surface area (Å²) < 4.78 is 67.7. The van der Waals surface area contributed by atoms with E-state index in [0.717, 1.165) is 45.5 Å². The zero-order valence-corrected chi connectivity index (χ0v) is 39.2. The number of carbonyl (C=O) groups is 4. The van der Waals surface area contributed by atoms with Crippen LogP contribution in [0.15, 0.2) is 60.8 Å². The van der Waals surface area contributed by atoms with E-state index in [1.807, 2.05) is 32.0 Å². The second-order valence-electron chi connectivity index (χ2n) is 19.7. The number of amides is 4. The molecule has 68 heavy (non-hydrogen) atoms. The molecule has 4 amide bonds. The quantitative estimate of drug-likeness (QED) is 0.103. The number of ether oxygens (including phenoxy) is 2. The van der Waals surface area contributed by atoms with Gasteiger partial charge in [-0.1, -0.05) is 50.6 Å². The number of hydrogen-bond donors (Lipinski definition) is 4. The summed E-state index contributed by atoms with van der Waals surface area (Å²) in [6.45, 7) is 4.26. The van der Waals surface area contributed by atoms with Crippen LogP contribution in [0.4, 0.5) is 18.4 Å². The standard InChI is InChI=1S/C49H54F2N8O8S/c1-25(2)40(57-47(63)67-4)45(61)58-24-48(15-16-48)21-39(58)42-52-22-37(55-42)28-10-13-32-31-12-9-26(18-33(31)49(50,51)34(32)19-28)27-11-14-35-36(20-27)54-43(53-35)41-29-7-6-8-30(17-29)59(41)44(60)38(23-68(5,64)65)56-46(62)66-3/h9-14,18-20,22,25,29-30,38-41H,6-8,15-17,21,23-24H2,1-5H3,(H,52,55)(H,53,54)(H,56,62)(H,57,63)/t29-,30+,38-,39-,40-,41-/m0/s1. The van der Waals surface area contributed by atoms with Crippen LogP contribution < -0.4 is 10.6 Å². The molecule has 4 fully saturated rings. The van der Waals surface area contributed by atoms with Crippen LogP contribution in [0.1, 0.15) is 93.7 Å². The number of H-pyrrole nitrogens is 2. The van der Waals surface area contributed by atoms with Gasteiger partial charge in [0.1, 0.15) is 33.6 Å². The smallest absolute Gasteiger partial charge is 0.407 e. The molecule has 2 aliphatic heterocycles. The highest BCUT2D eigenvalue weighted by Crippen LogP contribution is 2.59. The fourth-order valence-electron chi connectivity index (χ4n) is 11.2. The van der Waals surface area contributed by atoms with Crippen LogP contribution in [-0.4, -0.2) is 113 Å². The lowest BCUT2D eigenvalue weighted by Gasteiger charge is -2.32. The van der Waals surface area contributed by atoms with E-state index < -0.39 is 57.7 Å². The van der Waals surface area contributed by atoms with Gasteiger partial charge < -0.3 is 39.9 Å². The summed E-state index contributed by atoms with van der Waals surface area (Å²) in [6.07, 6.45) is 6.86. The number of fused-ring (bicyclic) bond motifs is 6. The Labute approximate surface area is 391 Å². The zero-order valence-electron chi connectivity index (χ0n) is 38.4. The molecule has 5 aromatic rings. The third-order valence-electron chi connectivity index (χ3n) is 14.8. The molecule has 6 atom stereocenters. The number of aromatic amines is 2. The lowest BCUT2D eigenvalue weighted by atomic mass is 9.87. The van der Waals surface area contributed by atoms with E-state index in [4.69, 9.17) is 14.5 Å². The Kier molecular flexibility index (Phi) is 11.2. The number of methoxy groups -OCH3 is 2.